The van der Waals surface area contributed by atoms with Gasteiger partial charge in [-0.3, -0.25) is 9.67 Å². The van der Waals surface area contributed by atoms with Crippen molar-refractivity contribution in [1.29, 1.82) is 0 Å². The third kappa shape index (κ3) is 3.83. The highest BCUT2D eigenvalue weighted by atomic mass is 16.2. The highest BCUT2D eigenvalue weighted by Crippen LogP contribution is 2.30. The van der Waals surface area contributed by atoms with Crippen LogP contribution in [0.2, 0.25) is 0 Å². The molecule has 0 aromatic carbocycles. The molecule has 0 bridgehead atoms. The maximum Gasteiger partial charge on any atom is 0.318 e. The van der Waals surface area contributed by atoms with Crippen molar-refractivity contribution in [3.05, 3.63) is 47.5 Å². The van der Waals surface area contributed by atoms with Crippen LogP contribution < -0.4 is 5.32 Å². The summed E-state index contributed by atoms with van der Waals surface area (Å²) in [6.07, 6.45) is 9.81. The van der Waals surface area contributed by atoms with Crippen molar-refractivity contribution in [2.45, 2.75) is 51.6 Å². The molecule has 2 aromatic heterocycles. The summed E-state index contributed by atoms with van der Waals surface area (Å²) >= 11 is 0. The molecule has 3 heterocycles. The average Bonchev–Trinajstić information content (AvgIpc) is 2.83. The number of likely N-dealkylation sites (tertiary alicyclic amines) is 1. The van der Waals surface area contributed by atoms with Crippen LogP contribution in [0.15, 0.2) is 30.7 Å². The number of pyridine rings is 1. The normalized spacial score (nSPS) is 19.3. The number of urea groups is 1. The zero-order valence-electron chi connectivity index (χ0n) is 15.3. The molecule has 1 aliphatic rings. The minimum Gasteiger partial charge on any atom is -0.331 e. The number of nitrogens with zero attached hydrogens (tertiary/aromatic N) is 4. The fraction of sp³-hybridized carbons (Fsp3) is 0.526. The van der Waals surface area contributed by atoms with Gasteiger partial charge in [0.25, 0.3) is 0 Å². The van der Waals surface area contributed by atoms with Gasteiger partial charge in [-0.25, -0.2) is 4.79 Å². The first-order chi connectivity index (χ1) is 12.1. The summed E-state index contributed by atoms with van der Waals surface area (Å²) in [5.41, 5.74) is 3.30. The number of amides is 2. The van der Waals surface area contributed by atoms with Crippen molar-refractivity contribution >= 4 is 6.03 Å². The Morgan fingerprint density at radius 2 is 2.04 bits per heavy atom. The second-order valence-corrected chi connectivity index (χ2v) is 6.82. The third-order valence-corrected chi connectivity index (χ3v) is 5.18. The molecule has 0 radical (unpaired) electrons. The van der Waals surface area contributed by atoms with Crippen molar-refractivity contribution in [2.75, 3.05) is 6.54 Å². The molecule has 1 saturated heterocycles. The zero-order chi connectivity index (χ0) is 17.8. The van der Waals surface area contributed by atoms with Gasteiger partial charge in [0.15, 0.2) is 0 Å². The summed E-state index contributed by atoms with van der Waals surface area (Å²) in [5.74, 6) is 0. The van der Waals surface area contributed by atoms with Crippen LogP contribution in [0.1, 0.15) is 61.5 Å². The summed E-state index contributed by atoms with van der Waals surface area (Å²) in [5, 5.41) is 7.44. The van der Waals surface area contributed by atoms with Gasteiger partial charge in [0.2, 0.25) is 0 Å². The fourth-order valence-corrected chi connectivity index (χ4v) is 3.57. The minimum absolute atomic E-state index is 0.000495. The molecule has 0 saturated carbocycles. The summed E-state index contributed by atoms with van der Waals surface area (Å²) in [7, 11) is 1.92. The largest absolute Gasteiger partial charge is 0.331 e. The fourth-order valence-electron chi connectivity index (χ4n) is 3.57. The van der Waals surface area contributed by atoms with Crippen molar-refractivity contribution in [2.24, 2.45) is 7.05 Å². The van der Waals surface area contributed by atoms with Crippen LogP contribution in [-0.4, -0.2) is 32.2 Å². The monoisotopic (exact) mass is 341 g/mol. The number of rotatable bonds is 3. The molecular formula is C19H27N5O. The highest BCUT2D eigenvalue weighted by molar-refractivity contribution is 5.75. The van der Waals surface area contributed by atoms with E-state index in [2.05, 4.69) is 15.4 Å². The number of carbonyl (C=O) groups is 1. The molecular weight excluding hydrogens is 314 g/mol. The first kappa shape index (κ1) is 17.5. The van der Waals surface area contributed by atoms with Gasteiger partial charge in [0.1, 0.15) is 0 Å². The Hall–Kier alpha value is -2.37. The lowest BCUT2D eigenvalue weighted by Gasteiger charge is -2.31. The second kappa shape index (κ2) is 7.68. The molecule has 2 atom stereocenters. The molecule has 0 unspecified atom stereocenters. The van der Waals surface area contributed by atoms with E-state index < -0.39 is 0 Å². The van der Waals surface area contributed by atoms with Gasteiger partial charge in [0.05, 0.1) is 18.3 Å². The molecule has 6 nitrogen and oxygen atoms in total. The molecule has 1 fully saturated rings. The van der Waals surface area contributed by atoms with E-state index in [0.29, 0.717) is 0 Å². The lowest BCUT2D eigenvalue weighted by atomic mass is 10.0. The molecule has 6 heteroatoms. The van der Waals surface area contributed by atoms with Crippen molar-refractivity contribution < 1.29 is 4.79 Å². The SMILES string of the molecule is Cc1c([C@@H](C)NC(=O)N2CCCCC[C@H]2c2ccncc2)cnn1C. The molecule has 0 spiro atoms. The first-order valence-electron chi connectivity index (χ1n) is 9.03. The Morgan fingerprint density at radius 3 is 2.72 bits per heavy atom. The van der Waals surface area contributed by atoms with E-state index in [1.165, 1.54) is 6.42 Å². The smallest absolute Gasteiger partial charge is 0.318 e. The van der Waals surface area contributed by atoms with E-state index in [-0.39, 0.29) is 18.1 Å². The molecule has 134 valence electrons. The number of nitrogens with one attached hydrogen (secondary N) is 1. The Kier molecular flexibility index (Phi) is 5.36. The molecule has 1 aliphatic heterocycles. The molecule has 2 amide bonds. The van der Waals surface area contributed by atoms with E-state index in [1.54, 1.807) is 12.4 Å². The topological polar surface area (TPSA) is 63.1 Å². The van der Waals surface area contributed by atoms with E-state index >= 15 is 0 Å². The number of hydrogen-bond donors (Lipinski definition) is 1. The summed E-state index contributed by atoms with van der Waals surface area (Å²) in [6.45, 7) is 4.83. The summed E-state index contributed by atoms with van der Waals surface area (Å²) < 4.78 is 1.84. The van der Waals surface area contributed by atoms with Gasteiger partial charge in [-0.05, 0) is 44.4 Å². The Labute approximate surface area is 149 Å². The second-order valence-electron chi connectivity index (χ2n) is 6.82. The zero-order valence-corrected chi connectivity index (χ0v) is 15.3. The van der Waals surface area contributed by atoms with Gasteiger partial charge in [-0.15, -0.1) is 0 Å². The van der Waals surface area contributed by atoms with E-state index in [4.69, 9.17) is 0 Å². The van der Waals surface area contributed by atoms with E-state index in [1.807, 2.05) is 48.8 Å². The molecule has 0 aliphatic carbocycles. The maximum absolute atomic E-state index is 13.0. The van der Waals surface area contributed by atoms with E-state index in [0.717, 1.165) is 42.6 Å². The van der Waals surface area contributed by atoms with Crippen LogP contribution in [0.3, 0.4) is 0 Å². The van der Waals surface area contributed by atoms with Gasteiger partial charge in [-0.2, -0.15) is 5.10 Å². The van der Waals surface area contributed by atoms with Gasteiger partial charge in [0, 0.05) is 37.2 Å². The lowest BCUT2D eigenvalue weighted by molar-refractivity contribution is 0.172. The summed E-state index contributed by atoms with van der Waals surface area (Å²) in [4.78, 5) is 19.1. The lowest BCUT2D eigenvalue weighted by Crippen LogP contribution is -2.43. The molecule has 3 rings (SSSR count). The van der Waals surface area contributed by atoms with Crippen LogP contribution in [0.4, 0.5) is 4.79 Å². The van der Waals surface area contributed by atoms with Crippen LogP contribution in [0.5, 0.6) is 0 Å². The van der Waals surface area contributed by atoms with Crippen LogP contribution in [-0.2, 0) is 7.05 Å². The number of carbonyl (C=O) groups excluding carboxylic acids is 1. The molecule has 2 aromatic rings. The predicted octanol–water partition coefficient (Wildman–Crippen LogP) is 3.51. The quantitative estimate of drug-likeness (QED) is 0.929. The van der Waals surface area contributed by atoms with Crippen LogP contribution >= 0.6 is 0 Å². The average molecular weight is 341 g/mol. The van der Waals surface area contributed by atoms with Gasteiger partial charge >= 0.3 is 6.03 Å². The molecule has 1 N–H and O–H groups in total. The highest BCUT2D eigenvalue weighted by Gasteiger charge is 2.28. The Morgan fingerprint density at radius 1 is 1.28 bits per heavy atom. The number of aryl methyl sites for hydroxylation is 1. The standard InChI is InChI=1S/C19H27N5O/c1-14(17-13-21-23(3)15(17)2)22-19(25)24-12-6-4-5-7-18(24)16-8-10-20-11-9-16/h8-11,13-14,18H,4-7,12H2,1-3H3,(H,22,25)/t14-,18+/m1/s1. The van der Waals surface area contributed by atoms with Crippen LogP contribution in [0, 0.1) is 6.92 Å². The Balaban J connectivity index is 1.77. The summed E-state index contributed by atoms with van der Waals surface area (Å²) in [6, 6.07) is 4.09. The van der Waals surface area contributed by atoms with Crippen LogP contribution in [0.25, 0.3) is 0 Å². The maximum atomic E-state index is 13.0. The Bertz CT molecular complexity index is 712. The minimum atomic E-state index is -0.0671. The van der Waals surface area contributed by atoms with Crippen molar-refractivity contribution in [3.63, 3.8) is 0 Å². The van der Waals surface area contributed by atoms with Crippen molar-refractivity contribution in [1.82, 2.24) is 25.0 Å². The van der Waals surface area contributed by atoms with Crippen molar-refractivity contribution in [3.8, 4) is 0 Å². The van der Waals surface area contributed by atoms with E-state index in [9.17, 15) is 4.79 Å². The number of hydrogen-bond acceptors (Lipinski definition) is 3. The van der Waals surface area contributed by atoms with Gasteiger partial charge < -0.3 is 10.2 Å². The molecule has 25 heavy (non-hydrogen) atoms. The third-order valence-electron chi connectivity index (χ3n) is 5.18. The predicted molar refractivity (Wildman–Crippen MR) is 97.0 cm³/mol. The van der Waals surface area contributed by atoms with Gasteiger partial charge in [-0.1, -0.05) is 12.8 Å². The number of aromatic nitrogens is 3. The first-order valence-corrected chi connectivity index (χ1v) is 9.03.